The molecule has 0 N–H and O–H groups in total. The van der Waals surface area contributed by atoms with Crippen molar-refractivity contribution < 1.29 is 9.53 Å². The topological polar surface area (TPSA) is 26.3 Å². The highest BCUT2D eigenvalue weighted by atomic mass is 16.5. The molecule has 1 fully saturated rings. The van der Waals surface area contributed by atoms with E-state index in [1.165, 1.54) is 0 Å². The Morgan fingerprint density at radius 1 is 1.55 bits per heavy atom. The van der Waals surface area contributed by atoms with Crippen molar-refractivity contribution in [3.05, 3.63) is 0 Å². The van der Waals surface area contributed by atoms with Crippen LogP contribution in [0.2, 0.25) is 0 Å². The highest BCUT2D eigenvalue weighted by Gasteiger charge is 2.20. The molecule has 2 heteroatoms. The molecular weight excluding hydrogens is 140 g/mol. The Hall–Kier alpha value is -0.530. The van der Waals surface area contributed by atoms with Gasteiger partial charge in [-0.2, -0.15) is 0 Å². The summed E-state index contributed by atoms with van der Waals surface area (Å²) in [6, 6.07) is 0. The summed E-state index contributed by atoms with van der Waals surface area (Å²) in [7, 11) is 0. The van der Waals surface area contributed by atoms with Gasteiger partial charge in [0.1, 0.15) is 0 Å². The van der Waals surface area contributed by atoms with Crippen molar-refractivity contribution in [3.63, 3.8) is 0 Å². The molecule has 0 bridgehead atoms. The zero-order chi connectivity index (χ0) is 8.27. The zero-order valence-corrected chi connectivity index (χ0v) is 7.30. The molecule has 0 aliphatic carbocycles. The van der Waals surface area contributed by atoms with E-state index in [2.05, 4.69) is 13.8 Å². The number of hydrogen-bond acceptors (Lipinski definition) is 2. The second-order valence-electron chi connectivity index (χ2n) is 3.57. The summed E-state index contributed by atoms with van der Waals surface area (Å²) in [5.74, 6) is 1.15. The SMILES string of the molecule is CC(C)[C@@H]1CCCOC(=O)C1. The highest BCUT2D eigenvalue weighted by Crippen LogP contribution is 2.23. The van der Waals surface area contributed by atoms with Gasteiger partial charge in [0.25, 0.3) is 0 Å². The minimum Gasteiger partial charge on any atom is -0.466 e. The van der Waals surface area contributed by atoms with Crippen LogP contribution in [0.15, 0.2) is 0 Å². The molecule has 0 aromatic rings. The van der Waals surface area contributed by atoms with Crippen LogP contribution in [0.25, 0.3) is 0 Å². The highest BCUT2D eigenvalue weighted by molar-refractivity contribution is 5.69. The zero-order valence-electron chi connectivity index (χ0n) is 7.30. The van der Waals surface area contributed by atoms with Crippen LogP contribution >= 0.6 is 0 Å². The van der Waals surface area contributed by atoms with Crippen molar-refractivity contribution in [1.82, 2.24) is 0 Å². The molecule has 0 radical (unpaired) electrons. The third-order valence-corrected chi connectivity index (χ3v) is 2.35. The Labute approximate surface area is 67.9 Å². The normalized spacial score (nSPS) is 26.5. The third-order valence-electron chi connectivity index (χ3n) is 2.35. The molecule has 0 saturated carbocycles. The smallest absolute Gasteiger partial charge is 0.306 e. The van der Waals surface area contributed by atoms with Crippen molar-refractivity contribution in [3.8, 4) is 0 Å². The van der Waals surface area contributed by atoms with Crippen LogP contribution in [0.4, 0.5) is 0 Å². The van der Waals surface area contributed by atoms with E-state index in [1.54, 1.807) is 0 Å². The summed E-state index contributed by atoms with van der Waals surface area (Å²) in [6.45, 7) is 4.97. The minimum atomic E-state index is -0.0128. The quantitative estimate of drug-likeness (QED) is 0.543. The van der Waals surface area contributed by atoms with Crippen LogP contribution in [0.3, 0.4) is 0 Å². The van der Waals surface area contributed by atoms with Crippen molar-refractivity contribution in [2.75, 3.05) is 6.61 Å². The van der Waals surface area contributed by atoms with Gasteiger partial charge in [0.15, 0.2) is 0 Å². The fraction of sp³-hybridized carbons (Fsp3) is 0.889. The lowest BCUT2D eigenvalue weighted by molar-refractivity contribution is -0.143. The van der Waals surface area contributed by atoms with Gasteiger partial charge in [0.2, 0.25) is 0 Å². The summed E-state index contributed by atoms with van der Waals surface area (Å²) >= 11 is 0. The van der Waals surface area contributed by atoms with Crippen molar-refractivity contribution >= 4 is 5.97 Å². The monoisotopic (exact) mass is 156 g/mol. The van der Waals surface area contributed by atoms with Crippen molar-refractivity contribution in [1.29, 1.82) is 0 Å². The van der Waals surface area contributed by atoms with E-state index in [9.17, 15) is 4.79 Å². The first kappa shape index (κ1) is 8.57. The molecule has 1 aliphatic rings. The van der Waals surface area contributed by atoms with Crippen LogP contribution in [-0.2, 0) is 9.53 Å². The molecule has 1 atom stereocenters. The Kier molecular flexibility index (Phi) is 2.92. The number of esters is 1. The largest absolute Gasteiger partial charge is 0.466 e. The summed E-state index contributed by atoms with van der Waals surface area (Å²) in [6.07, 6.45) is 2.80. The average molecular weight is 156 g/mol. The summed E-state index contributed by atoms with van der Waals surface area (Å²) in [5, 5.41) is 0. The van der Waals surface area contributed by atoms with Crippen LogP contribution in [0.1, 0.15) is 33.1 Å². The number of hydrogen-bond donors (Lipinski definition) is 0. The van der Waals surface area contributed by atoms with Crippen LogP contribution in [0, 0.1) is 11.8 Å². The molecule has 64 valence electrons. The van der Waals surface area contributed by atoms with Gasteiger partial charge in [0, 0.05) is 6.42 Å². The van der Waals surface area contributed by atoms with Gasteiger partial charge in [-0.3, -0.25) is 4.79 Å². The van der Waals surface area contributed by atoms with Crippen molar-refractivity contribution in [2.24, 2.45) is 11.8 Å². The van der Waals surface area contributed by atoms with E-state index < -0.39 is 0 Å². The predicted molar refractivity (Wildman–Crippen MR) is 43.1 cm³/mol. The molecule has 2 nitrogen and oxygen atoms in total. The van der Waals surface area contributed by atoms with E-state index in [0.29, 0.717) is 24.9 Å². The van der Waals surface area contributed by atoms with Gasteiger partial charge in [-0.15, -0.1) is 0 Å². The molecule has 0 aromatic heterocycles. The minimum absolute atomic E-state index is 0.0128. The van der Waals surface area contributed by atoms with Gasteiger partial charge in [-0.25, -0.2) is 0 Å². The maximum absolute atomic E-state index is 11.0. The van der Waals surface area contributed by atoms with Crippen LogP contribution < -0.4 is 0 Å². The molecule has 1 saturated heterocycles. The number of ether oxygens (including phenoxy) is 1. The molecule has 1 rings (SSSR count). The lowest BCUT2D eigenvalue weighted by atomic mass is 9.89. The molecule has 11 heavy (non-hydrogen) atoms. The van der Waals surface area contributed by atoms with E-state index >= 15 is 0 Å². The Bertz CT molecular complexity index is 140. The Morgan fingerprint density at radius 2 is 2.27 bits per heavy atom. The van der Waals surface area contributed by atoms with E-state index in [1.807, 2.05) is 0 Å². The average Bonchev–Trinajstić information content (AvgIpc) is 2.13. The fourth-order valence-electron chi connectivity index (χ4n) is 1.48. The number of rotatable bonds is 1. The Balaban J connectivity index is 2.45. The lowest BCUT2D eigenvalue weighted by Gasteiger charge is -2.15. The lowest BCUT2D eigenvalue weighted by Crippen LogP contribution is -2.12. The fourth-order valence-corrected chi connectivity index (χ4v) is 1.48. The number of carbonyl (C=O) groups excluding carboxylic acids is 1. The number of carbonyl (C=O) groups is 1. The van der Waals surface area contributed by atoms with Crippen molar-refractivity contribution in [2.45, 2.75) is 33.1 Å². The number of cyclic esters (lactones) is 1. The Morgan fingerprint density at radius 3 is 2.91 bits per heavy atom. The van der Waals surface area contributed by atoms with E-state index in [0.717, 1.165) is 12.8 Å². The van der Waals surface area contributed by atoms with Crippen LogP contribution in [-0.4, -0.2) is 12.6 Å². The predicted octanol–water partition coefficient (Wildman–Crippen LogP) is 1.99. The van der Waals surface area contributed by atoms with E-state index in [4.69, 9.17) is 4.74 Å². The second-order valence-corrected chi connectivity index (χ2v) is 3.57. The summed E-state index contributed by atoms with van der Waals surface area (Å²) < 4.78 is 4.94. The molecule has 0 aromatic carbocycles. The molecule has 1 aliphatic heterocycles. The van der Waals surface area contributed by atoms with Gasteiger partial charge in [0.05, 0.1) is 6.61 Å². The van der Waals surface area contributed by atoms with Gasteiger partial charge in [-0.1, -0.05) is 13.8 Å². The molecule has 1 heterocycles. The maximum Gasteiger partial charge on any atom is 0.306 e. The summed E-state index contributed by atoms with van der Waals surface area (Å²) in [4.78, 5) is 11.0. The molecule has 0 spiro atoms. The standard InChI is InChI=1S/C9H16O2/c1-7(2)8-4-3-5-11-9(10)6-8/h7-8H,3-6H2,1-2H3/t8-/m1/s1. The van der Waals surface area contributed by atoms with Gasteiger partial charge < -0.3 is 4.74 Å². The van der Waals surface area contributed by atoms with Gasteiger partial charge in [-0.05, 0) is 24.7 Å². The third kappa shape index (κ3) is 2.52. The molecular formula is C9H16O2. The van der Waals surface area contributed by atoms with E-state index in [-0.39, 0.29) is 5.97 Å². The molecule has 0 amide bonds. The first-order valence-electron chi connectivity index (χ1n) is 4.36. The first-order chi connectivity index (χ1) is 5.20. The maximum atomic E-state index is 11.0. The molecule has 0 unspecified atom stereocenters. The first-order valence-corrected chi connectivity index (χ1v) is 4.36. The van der Waals surface area contributed by atoms with Gasteiger partial charge >= 0.3 is 5.97 Å². The second kappa shape index (κ2) is 3.74. The summed E-state index contributed by atoms with van der Waals surface area (Å²) in [5.41, 5.74) is 0. The van der Waals surface area contributed by atoms with Crippen LogP contribution in [0.5, 0.6) is 0 Å².